The van der Waals surface area contributed by atoms with Gasteiger partial charge in [0, 0.05) is 10.7 Å². The van der Waals surface area contributed by atoms with E-state index < -0.39 is 11.3 Å². The molecule has 2 aromatic rings. The first-order valence-corrected chi connectivity index (χ1v) is 9.05. The van der Waals surface area contributed by atoms with Crippen molar-refractivity contribution in [2.24, 2.45) is 0 Å². The van der Waals surface area contributed by atoms with Crippen LogP contribution in [0.15, 0.2) is 28.6 Å². The summed E-state index contributed by atoms with van der Waals surface area (Å²) in [6.07, 6.45) is 0. The Labute approximate surface area is 152 Å². The van der Waals surface area contributed by atoms with Crippen LogP contribution in [0.4, 0.5) is 15.6 Å². The maximum atomic E-state index is 11.9. The number of urea groups is 1. The molecule has 0 aliphatic carbocycles. The van der Waals surface area contributed by atoms with Crippen molar-refractivity contribution in [2.75, 3.05) is 17.2 Å². The van der Waals surface area contributed by atoms with Crippen molar-refractivity contribution in [3.05, 3.63) is 29.3 Å². The molecule has 1 aromatic carbocycles. The van der Waals surface area contributed by atoms with E-state index >= 15 is 0 Å². The third-order valence-corrected chi connectivity index (χ3v) is 4.88. The van der Waals surface area contributed by atoms with E-state index in [0.717, 1.165) is 0 Å². The molecule has 1 heterocycles. The number of nitrogens with one attached hydrogen (secondary N) is 2. The van der Waals surface area contributed by atoms with E-state index in [1.165, 1.54) is 23.1 Å². The number of hydrogen-bond donors (Lipinski definition) is 2. The molecular formula is C14H15ClN4O3S2. The smallest absolute Gasteiger partial charge is 0.325 e. The Hall–Kier alpha value is -1.84. The van der Waals surface area contributed by atoms with Crippen LogP contribution in [-0.4, -0.2) is 34.1 Å². The molecule has 0 unspecified atom stereocenters. The summed E-state index contributed by atoms with van der Waals surface area (Å²) < 4.78 is 5.50. The number of anilines is 2. The van der Waals surface area contributed by atoms with Crippen LogP contribution in [0.1, 0.15) is 13.8 Å². The molecule has 24 heavy (non-hydrogen) atoms. The van der Waals surface area contributed by atoms with Crippen LogP contribution in [0.25, 0.3) is 0 Å². The van der Waals surface area contributed by atoms with Gasteiger partial charge in [0.05, 0.1) is 6.61 Å². The van der Waals surface area contributed by atoms with Crippen molar-refractivity contribution in [1.82, 2.24) is 10.2 Å². The van der Waals surface area contributed by atoms with Gasteiger partial charge in [-0.3, -0.25) is 10.1 Å². The number of benzene rings is 1. The third kappa shape index (κ3) is 5.66. The topological polar surface area (TPSA) is 93.2 Å². The van der Waals surface area contributed by atoms with Gasteiger partial charge in [0.15, 0.2) is 4.34 Å². The second-order valence-corrected chi connectivity index (χ2v) is 7.47. The standard InChI is InChI=1S/C14H15ClN4O3S2/c1-3-22-11(20)8(2)23-14-19-18-13(24-14)17-12(21)16-10-6-4-9(15)5-7-10/h4-8H,3H2,1-2H3,(H2,16,17,18,21)/t8-/m1/s1. The fraction of sp³-hybridized carbons (Fsp3) is 0.286. The molecule has 0 aliphatic rings. The molecule has 128 valence electrons. The Kier molecular flexibility index (Phi) is 6.83. The zero-order valence-electron chi connectivity index (χ0n) is 12.9. The molecule has 10 heteroatoms. The van der Waals surface area contributed by atoms with Crippen LogP contribution < -0.4 is 10.6 Å². The van der Waals surface area contributed by atoms with Crippen molar-refractivity contribution in [3.63, 3.8) is 0 Å². The van der Waals surface area contributed by atoms with Gasteiger partial charge in [0.2, 0.25) is 5.13 Å². The van der Waals surface area contributed by atoms with Crippen LogP contribution >= 0.6 is 34.7 Å². The summed E-state index contributed by atoms with van der Waals surface area (Å²) in [6.45, 7) is 3.81. The van der Waals surface area contributed by atoms with Crippen LogP contribution in [0.5, 0.6) is 0 Å². The summed E-state index contributed by atoms with van der Waals surface area (Å²) >= 11 is 8.19. The van der Waals surface area contributed by atoms with E-state index in [1.54, 1.807) is 38.1 Å². The lowest BCUT2D eigenvalue weighted by Gasteiger charge is -2.07. The number of aromatic nitrogens is 2. The summed E-state index contributed by atoms with van der Waals surface area (Å²) in [5, 5.41) is 13.6. The zero-order valence-corrected chi connectivity index (χ0v) is 15.3. The van der Waals surface area contributed by atoms with E-state index in [1.807, 2.05) is 0 Å². The molecule has 0 spiro atoms. The zero-order chi connectivity index (χ0) is 17.5. The Bertz CT molecular complexity index is 708. The number of hydrogen-bond acceptors (Lipinski definition) is 7. The summed E-state index contributed by atoms with van der Waals surface area (Å²) in [5.41, 5.74) is 0.604. The minimum absolute atomic E-state index is 0.312. The van der Waals surface area contributed by atoms with E-state index in [-0.39, 0.29) is 5.97 Å². The van der Waals surface area contributed by atoms with Gasteiger partial charge in [0.1, 0.15) is 5.25 Å². The second kappa shape index (κ2) is 8.86. The van der Waals surface area contributed by atoms with Crippen LogP contribution in [0, 0.1) is 0 Å². The first-order chi connectivity index (χ1) is 11.5. The number of ether oxygens (including phenoxy) is 1. The van der Waals surface area contributed by atoms with Gasteiger partial charge in [-0.1, -0.05) is 34.7 Å². The highest BCUT2D eigenvalue weighted by atomic mass is 35.5. The Morgan fingerprint density at radius 2 is 2.00 bits per heavy atom. The number of halogens is 1. The fourth-order valence-corrected chi connectivity index (χ4v) is 3.57. The molecule has 0 radical (unpaired) electrons. The van der Waals surface area contributed by atoms with Gasteiger partial charge < -0.3 is 10.1 Å². The van der Waals surface area contributed by atoms with E-state index in [0.29, 0.717) is 26.8 Å². The minimum Gasteiger partial charge on any atom is -0.465 e. The summed E-state index contributed by atoms with van der Waals surface area (Å²) in [6, 6.07) is 6.28. The van der Waals surface area contributed by atoms with Crippen LogP contribution in [0.3, 0.4) is 0 Å². The highest BCUT2D eigenvalue weighted by Crippen LogP contribution is 2.29. The van der Waals surface area contributed by atoms with Crippen molar-refractivity contribution in [2.45, 2.75) is 23.4 Å². The predicted octanol–water partition coefficient (Wildman–Crippen LogP) is 3.88. The SMILES string of the molecule is CCOC(=O)[C@@H](C)Sc1nnc(NC(=O)Nc2ccc(Cl)cc2)s1. The van der Waals surface area contributed by atoms with E-state index in [2.05, 4.69) is 20.8 Å². The summed E-state index contributed by atoms with van der Waals surface area (Å²) in [4.78, 5) is 23.5. The van der Waals surface area contributed by atoms with Crippen LogP contribution in [-0.2, 0) is 9.53 Å². The van der Waals surface area contributed by atoms with Gasteiger partial charge in [-0.2, -0.15) is 0 Å². The van der Waals surface area contributed by atoms with Crippen LogP contribution in [0.2, 0.25) is 5.02 Å². The number of thioether (sulfide) groups is 1. The maximum absolute atomic E-state index is 11.9. The lowest BCUT2D eigenvalue weighted by molar-refractivity contribution is -0.142. The lowest BCUT2D eigenvalue weighted by Crippen LogP contribution is -2.19. The Balaban J connectivity index is 1.87. The quantitative estimate of drug-likeness (QED) is 0.444. The van der Waals surface area contributed by atoms with Crippen molar-refractivity contribution in [1.29, 1.82) is 0 Å². The first-order valence-electron chi connectivity index (χ1n) is 6.98. The van der Waals surface area contributed by atoms with E-state index in [4.69, 9.17) is 16.3 Å². The van der Waals surface area contributed by atoms with Gasteiger partial charge in [-0.25, -0.2) is 4.79 Å². The fourth-order valence-electron chi connectivity index (χ4n) is 1.56. The minimum atomic E-state index is -0.441. The molecule has 1 aromatic heterocycles. The molecule has 1 atom stereocenters. The highest BCUT2D eigenvalue weighted by Gasteiger charge is 2.18. The lowest BCUT2D eigenvalue weighted by atomic mass is 10.3. The second-order valence-electron chi connectivity index (χ2n) is 4.47. The monoisotopic (exact) mass is 386 g/mol. The van der Waals surface area contributed by atoms with E-state index in [9.17, 15) is 9.59 Å². The van der Waals surface area contributed by atoms with Crippen molar-refractivity contribution in [3.8, 4) is 0 Å². The third-order valence-electron chi connectivity index (χ3n) is 2.63. The molecular weight excluding hydrogens is 372 g/mol. The van der Waals surface area contributed by atoms with Gasteiger partial charge >= 0.3 is 12.0 Å². The first kappa shape index (κ1) is 18.5. The number of rotatable bonds is 6. The van der Waals surface area contributed by atoms with Gasteiger partial charge in [-0.15, -0.1) is 10.2 Å². The van der Waals surface area contributed by atoms with Crippen molar-refractivity contribution < 1.29 is 14.3 Å². The number of amides is 2. The Morgan fingerprint density at radius 1 is 1.29 bits per heavy atom. The van der Waals surface area contributed by atoms with Gasteiger partial charge in [-0.05, 0) is 38.1 Å². The Morgan fingerprint density at radius 3 is 2.67 bits per heavy atom. The molecule has 7 nitrogen and oxygen atoms in total. The number of carbonyl (C=O) groups excluding carboxylic acids is 2. The summed E-state index contributed by atoms with van der Waals surface area (Å²) in [5.74, 6) is -0.312. The van der Waals surface area contributed by atoms with Crippen molar-refractivity contribution >= 4 is 57.5 Å². The molecule has 2 amide bonds. The predicted molar refractivity (Wildman–Crippen MR) is 96.0 cm³/mol. The molecule has 0 saturated carbocycles. The number of esters is 1. The molecule has 2 rings (SSSR count). The molecule has 0 aliphatic heterocycles. The normalized spacial score (nSPS) is 11.6. The molecule has 0 bridgehead atoms. The largest absolute Gasteiger partial charge is 0.465 e. The highest BCUT2D eigenvalue weighted by molar-refractivity contribution is 8.02. The average molecular weight is 387 g/mol. The van der Waals surface area contributed by atoms with Gasteiger partial charge in [0.25, 0.3) is 0 Å². The number of carbonyl (C=O) groups is 2. The summed E-state index contributed by atoms with van der Waals surface area (Å²) in [7, 11) is 0. The molecule has 2 N–H and O–H groups in total. The number of nitrogens with zero attached hydrogens (tertiary/aromatic N) is 2. The maximum Gasteiger partial charge on any atom is 0.325 e. The molecule has 0 fully saturated rings. The molecule has 0 saturated heterocycles. The average Bonchev–Trinajstić information content (AvgIpc) is 2.96.